The Bertz CT molecular complexity index is 718. The highest BCUT2D eigenvalue weighted by atomic mass is 19.4. The molecule has 0 spiro atoms. The van der Waals surface area contributed by atoms with Gasteiger partial charge in [-0.3, -0.25) is 9.59 Å². The van der Waals surface area contributed by atoms with Crippen LogP contribution in [0.5, 0.6) is 0 Å². The number of halogens is 3. The fraction of sp³-hybridized carbons (Fsp3) is 0.267. The number of hydrogen-bond acceptors (Lipinski definition) is 3. The summed E-state index contributed by atoms with van der Waals surface area (Å²) in [6.45, 7) is 1.16. The van der Waals surface area contributed by atoms with Crippen molar-refractivity contribution in [2.45, 2.75) is 25.6 Å². The standard InChI is InChI=1S/C15H14F3N3O2/c1-9(15(16,17)18)10-2-4-11(5-3-10)14(23)19-8-12-6-7-13(22)21-20-12/h2-7,9H,8H2,1H3,(H,19,23)(H,21,22). The summed E-state index contributed by atoms with van der Waals surface area (Å²) in [6.07, 6.45) is -4.32. The molecule has 2 aromatic rings. The Kier molecular flexibility index (Phi) is 4.83. The molecule has 0 aliphatic rings. The Hall–Kier alpha value is -2.64. The van der Waals surface area contributed by atoms with Crippen molar-refractivity contribution in [2.75, 3.05) is 0 Å². The van der Waals surface area contributed by atoms with Gasteiger partial charge in [0.2, 0.25) is 0 Å². The summed E-state index contributed by atoms with van der Waals surface area (Å²) < 4.78 is 37.9. The van der Waals surface area contributed by atoms with Gasteiger partial charge in [-0.1, -0.05) is 12.1 Å². The van der Waals surface area contributed by atoms with Gasteiger partial charge in [0.15, 0.2) is 0 Å². The minimum atomic E-state index is -4.32. The smallest absolute Gasteiger partial charge is 0.346 e. The summed E-state index contributed by atoms with van der Waals surface area (Å²) in [5.74, 6) is -2.03. The van der Waals surface area contributed by atoms with E-state index in [1.807, 2.05) is 0 Å². The molecule has 1 aromatic heterocycles. The fourth-order valence-corrected chi connectivity index (χ4v) is 1.86. The lowest BCUT2D eigenvalue weighted by molar-refractivity contribution is -0.146. The second-order valence-corrected chi connectivity index (χ2v) is 4.98. The van der Waals surface area contributed by atoms with Crippen LogP contribution in [0.15, 0.2) is 41.2 Å². The van der Waals surface area contributed by atoms with Gasteiger partial charge in [0, 0.05) is 11.6 Å². The molecule has 0 aliphatic carbocycles. The van der Waals surface area contributed by atoms with Crippen LogP contribution in [0, 0.1) is 0 Å². The van der Waals surface area contributed by atoms with Gasteiger partial charge in [0.1, 0.15) is 0 Å². The van der Waals surface area contributed by atoms with E-state index in [0.717, 1.165) is 6.92 Å². The minimum Gasteiger partial charge on any atom is -0.346 e. The maximum Gasteiger partial charge on any atom is 0.395 e. The number of nitrogens with zero attached hydrogens (tertiary/aromatic N) is 1. The maximum atomic E-state index is 12.6. The second-order valence-electron chi connectivity index (χ2n) is 4.98. The molecule has 0 fully saturated rings. The number of hydrogen-bond donors (Lipinski definition) is 2. The van der Waals surface area contributed by atoms with Crippen LogP contribution in [0.4, 0.5) is 13.2 Å². The van der Waals surface area contributed by atoms with Crippen LogP contribution in [-0.2, 0) is 6.54 Å². The molecule has 0 saturated carbocycles. The van der Waals surface area contributed by atoms with Crippen molar-refractivity contribution in [2.24, 2.45) is 0 Å². The monoisotopic (exact) mass is 325 g/mol. The summed E-state index contributed by atoms with van der Waals surface area (Å²) >= 11 is 0. The molecular weight excluding hydrogens is 311 g/mol. The largest absolute Gasteiger partial charge is 0.395 e. The third-order valence-corrected chi connectivity index (χ3v) is 3.33. The number of H-pyrrole nitrogens is 1. The SMILES string of the molecule is CC(c1ccc(C(=O)NCc2ccc(=O)[nH]n2)cc1)C(F)(F)F. The van der Waals surface area contributed by atoms with E-state index in [-0.39, 0.29) is 23.2 Å². The third-order valence-electron chi connectivity index (χ3n) is 3.33. The normalized spacial score (nSPS) is 12.7. The molecular formula is C15H14F3N3O2. The molecule has 1 heterocycles. The topological polar surface area (TPSA) is 74.8 Å². The number of carbonyl (C=O) groups is 1. The molecule has 0 saturated heterocycles. The molecule has 0 bridgehead atoms. The van der Waals surface area contributed by atoms with Crippen molar-refractivity contribution in [1.82, 2.24) is 15.5 Å². The lowest BCUT2D eigenvalue weighted by Gasteiger charge is -2.16. The molecule has 1 aromatic carbocycles. The predicted octanol–water partition coefficient (Wildman–Crippen LogP) is 2.37. The van der Waals surface area contributed by atoms with Crippen LogP contribution in [0.25, 0.3) is 0 Å². The average Bonchev–Trinajstić information content (AvgIpc) is 2.52. The maximum absolute atomic E-state index is 12.6. The summed E-state index contributed by atoms with van der Waals surface area (Å²) in [5, 5.41) is 8.53. The van der Waals surface area contributed by atoms with Gasteiger partial charge >= 0.3 is 6.18 Å². The van der Waals surface area contributed by atoms with Crippen molar-refractivity contribution in [3.05, 3.63) is 63.6 Å². The molecule has 2 rings (SSSR count). The van der Waals surface area contributed by atoms with Crippen molar-refractivity contribution >= 4 is 5.91 Å². The number of rotatable bonds is 4. The van der Waals surface area contributed by atoms with Gasteiger partial charge in [-0.05, 0) is 30.7 Å². The zero-order chi connectivity index (χ0) is 17.0. The zero-order valence-electron chi connectivity index (χ0n) is 12.1. The van der Waals surface area contributed by atoms with Gasteiger partial charge in [0.05, 0.1) is 18.2 Å². The van der Waals surface area contributed by atoms with E-state index in [2.05, 4.69) is 15.5 Å². The van der Waals surface area contributed by atoms with Crippen molar-refractivity contribution in [3.63, 3.8) is 0 Å². The average molecular weight is 325 g/mol. The highest BCUT2D eigenvalue weighted by Gasteiger charge is 2.36. The first-order valence-corrected chi connectivity index (χ1v) is 6.77. The van der Waals surface area contributed by atoms with Crippen LogP contribution >= 0.6 is 0 Å². The van der Waals surface area contributed by atoms with Crippen molar-refractivity contribution < 1.29 is 18.0 Å². The Morgan fingerprint density at radius 2 is 1.87 bits per heavy atom. The lowest BCUT2D eigenvalue weighted by Crippen LogP contribution is -2.24. The van der Waals surface area contributed by atoms with Crippen molar-refractivity contribution in [1.29, 1.82) is 0 Å². The predicted molar refractivity (Wildman–Crippen MR) is 76.9 cm³/mol. The second kappa shape index (κ2) is 6.64. The van der Waals surface area contributed by atoms with E-state index in [9.17, 15) is 22.8 Å². The highest BCUT2D eigenvalue weighted by molar-refractivity contribution is 5.94. The van der Waals surface area contributed by atoms with E-state index in [4.69, 9.17) is 0 Å². The van der Waals surface area contributed by atoms with E-state index < -0.39 is 18.0 Å². The fourth-order valence-electron chi connectivity index (χ4n) is 1.86. The Morgan fingerprint density at radius 3 is 2.39 bits per heavy atom. The number of amides is 1. The first kappa shape index (κ1) is 16.7. The molecule has 0 aliphatic heterocycles. The zero-order valence-corrected chi connectivity index (χ0v) is 12.1. The number of aromatic nitrogens is 2. The van der Waals surface area contributed by atoms with Gasteiger partial charge in [0.25, 0.3) is 11.5 Å². The van der Waals surface area contributed by atoms with E-state index in [0.29, 0.717) is 5.69 Å². The summed E-state index contributed by atoms with van der Waals surface area (Å²) in [6, 6.07) is 7.99. The molecule has 2 N–H and O–H groups in total. The Labute approximate surface area is 129 Å². The minimum absolute atomic E-state index is 0.0936. The quantitative estimate of drug-likeness (QED) is 0.906. The van der Waals surface area contributed by atoms with Crippen LogP contribution in [0.3, 0.4) is 0 Å². The molecule has 0 radical (unpaired) electrons. The van der Waals surface area contributed by atoms with Gasteiger partial charge in [-0.15, -0.1) is 0 Å². The molecule has 122 valence electrons. The summed E-state index contributed by atoms with van der Waals surface area (Å²) in [5.41, 5.74) is 0.443. The molecule has 1 amide bonds. The van der Waals surface area contributed by atoms with E-state index in [1.165, 1.54) is 36.4 Å². The van der Waals surface area contributed by atoms with Crippen molar-refractivity contribution in [3.8, 4) is 0 Å². The number of nitrogens with one attached hydrogen (secondary N) is 2. The van der Waals surface area contributed by atoms with Gasteiger partial charge in [-0.2, -0.15) is 18.3 Å². The van der Waals surface area contributed by atoms with Gasteiger partial charge < -0.3 is 5.32 Å². The first-order chi connectivity index (χ1) is 10.8. The summed E-state index contributed by atoms with van der Waals surface area (Å²) in [7, 11) is 0. The van der Waals surface area contributed by atoms with Crippen LogP contribution < -0.4 is 10.9 Å². The van der Waals surface area contributed by atoms with E-state index in [1.54, 1.807) is 0 Å². The lowest BCUT2D eigenvalue weighted by atomic mass is 9.99. The Balaban J connectivity index is 2.00. The Morgan fingerprint density at radius 1 is 1.22 bits per heavy atom. The van der Waals surface area contributed by atoms with Crippen LogP contribution in [0.2, 0.25) is 0 Å². The third kappa shape index (κ3) is 4.41. The molecule has 1 atom stereocenters. The van der Waals surface area contributed by atoms with E-state index >= 15 is 0 Å². The highest BCUT2D eigenvalue weighted by Crippen LogP contribution is 2.34. The molecule has 1 unspecified atom stereocenters. The molecule has 5 nitrogen and oxygen atoms in total. The summed E-state index contributed by atoms with van der Waals surface area (Å²) in [4.78, 5) is 22.8. The van der Waals surface area contributed by atoms with Gasteiger partial charge in [-0.25, -0.2) is 5.10 Å². The molecule has 23 heavy (non-hydrogen) atoms. The van der Waals surface area contributed by atoms with Crippen LogP contribution in [0.1, 0.15) is 34.5 Å². The number of alkyl halides is 3. The molecule has 8 heteroatoms. The number of benzene rings is 1. The number of aromatic amines is 1. The number of carbonyl (C=O) groups excluding carboxylic acids is 1. The van der Waals surface area contributed by atoms with Crippen LogP contribution in [-0.4, -0.2) is 22.3 Å². The first-order valence-electron chi connectivity index (χ1n) is 6.77.